The van der Waals surface area contributed by atoms with Crippen LogP contribution in [0.3, 0.4) is 0 Å². The van der Waals surface area contributed by atoms with Crippen LogP contribution in [0, 0.1) is 12.7 Å². The Morgan fingerprint density at radius 1 is 1.00 bits per heavy atom. The summed E-state index contributed by atoms with van der Waals surface area (Å²) in [5, 5.41) is 0. The van der Waals surface area contributed by atoms with Crippen molar-refractivity contribution in [2.75, 3.05) is 29.4 Å². The largest absolute Gasteiger partial charge is 0.573 e. The molecule has 2 aromatic carbocycles. The molecule has 1 fully saturated rings. The first kappa shape index (κ1) is 26.5. The zero-order valence-corrected chi connectivity index (χ0v) is 21.6. The molecule has 2 aromatic heterocycles. The standard InChI is InChI=1S/C29H28F4N4O2/c1-19-17-35(15-16-36(19)24-9-11-25(12-10-24)39-29(31,32)33)23-7-3-21(4-8-23)5-13-26(38)28-20(2)34-27-14-6-22(30)18-37(27)28/h3-4,6-12,14,18-19H,5,13,15-17H2,1-2H3/t19-/m0/s1. The van der Waals surface area contributed by atoms with E-state index in [-0.39, 0.29) is 24.0 Å². The Balaban J connectivity index is 1.17. The number of anilines is 2. The molecule has 4 aromatic rings. The molecule has 0 bridgehead atoms. The number of piperazine rings is 1. The van der Waals surface area contributed by atoms with Gasteiger partial charge < -0.3 is 14.5 Å². The highest BCUT2D eigenvalue weighted by atomic mass is 19.4. The van der Waals surface area contributed by atoms with Gasteiger partial charge in [0.1, 0.15) is 22.9 Å². The summed E-state index contributed by atoms with van der Waals surface area (Å²) >= 11 is 0. The number of aryl methyl sites for hydroxylation is 2. The Labute approximate surface area is 223 Å². The summed E-state index contributed by atoms with van der Waals surface area (Å²) < 4.78 is 56.5. The van der Waals surface area contributed by atoms with Crippen molar-refractivity contribution in [2.45, 2.75) is 39.1 Å². The average Bonchev–Trinajstić information content (AvgIpc) is 3.22. The van der Waals surface area contributed by atoms with Gasteiger partial charge in [0.2, 0.25) is 0 Å². The maximum absolute atomic E-state index is 13.7. The molecule has 0 radical (unpaired) electrons. The fourth-order valence-electron chi connectivity index (χ4n) is 5.14. The van der Waals surface area contributed by atoms with Crippen LogP contribution in [0.2, 0.25) is 0 Å². The average molecular weight is 541 g/mol. The van der Waals surface area contributed by atoms with Gasteiger partial charge in [0.15, 0.2) is 5.78 Å². The third kappa shape index (κ3) is 6.00. The van der Waals surface area contributed by atoms with Gasteiger partial charge in [0, 0.05) is 49.7 Å². The van der Waals surface area contributed by atoms with Gasteiger partial charge >= 0.3 is 6.36 Å². The lowest BCUT2D eigenvalue weighted by Gasteiger charge is -2.42. The molecule has 10 heteroatoms. The van der Waals surface area contributed by atoms with E-state index in [9.17, 15) is 22.4 Å². The lowest BCUT2D eigenvalue weighted by Crippen LogP contribution is -2.52. The second kappa shape index (κ2) is 10.6. The molecule has 6 nitrogen and oxygen atoms in total. The Kier molecular flexibility index (Phi) is 7.20. The second-order valence-electron chi connectivity index (χ2n) is 9.74. The van der Waals surface area contributed by atoms with Crippen LogP contribution in [0.4, 0.5) is 28.9 Å². The number of fused-ring (bicyclic) bond motifs is 1. The number of ether oxygens (including phenoxy) is 1. The fourth-order valence-corrected chi connectivity index (χ4v) is 5.14. The summed E-state index contributed by atoms with van der Waals surface area (Å²) in [5.41, 5.74) is 4.48. The topological polar surface area (TPSA) is 50.1 Å². The highest BCUT2D eigenvalue weighted by Crippen LogP contribution is 2.28. The zero-order chi connectivity index (χ0) is 27.7. The van der Waals surface area contributed by atoms with Gasteiger partial charge in [-0.05, 0) is 74.4 Å². The van der Waals surface area contributed by atoms with E-state index in [0.29, 0.717) is 23.5 Å². The third-order valence-electron chi connectivity index (χ3n) is 6.99. The summed E-state index contributed by atoms with van der Waals surface area (Å²) in [7, 11) is 0. The number of imidazole rings is 1. The summed E-state index contributed by atoms with van der Waals surface area (Å²) in [6.45, 7) is 6.07. The number of alkyl halides is 3. The van der Waals surface area contributed by atoms with Gasteiger partial charge in [-0.3, -0.25) is 9.20 Å². The van der Waals surface area contributed by atoms with Crippen molar-refractivity contribution in [3.63, 3.8) is 0 Å². The van der Waals surface area contributed by atoms with E-state index in [0.717, 1.165) is 36.6 Å². The van der Waals surface area contributed by atoms with Crippen LogP contribution in [-0.4, -0.2) is 47.2 Å². The smallest absolute Gasteiger partial charge is 0.406 e. The van der Waals surface area contributed by atoms with E-state index in [1.54, 1.807) is 25.1 Å². The van der Waals surface area contributed by atoms with E-state index in [2.05, 4.69) is 26.4 Å². The second-order valence-corrected chi connectivity index (χ2v) is 9.74. The molecule has 0 saturated carbocycles. The number of carbonyl (C=O) groups is 1. The summed E-state index contributed by atoms with van der Waals surface area (Å²) in [6, 6.07) is 17.1. The van der Waals surface area contributed by atoms with E-state index in [1.807, 2.05) is 24.3 Å². The number of Topliss-reactive ketones (excluding diaryl/α,β-unsaturated/α-hetero) is 1. The fraction of sp³-hybridized carbons (Fsp3) is 0.310. The number of ketones is 1. The minimum atomic E-state index is -4.71. The Hall–Kier alpha value is -4.08. The van der Waals surface area contributed by atoms with E-state index >= 15 is 0 Å². The Morgan fingerprint density at radius 3 is 2.36 bits per heavy atom. The molecule has 204 valence electrons. The Bertz CT molecular complexity index is 1470. The molecule has 1 atom stereocenters. The molecule has 1 saturated heterocycles. The summed E-state index contributed by atoms with van der Waals surface area (Å²) in [5.74, 6) is -0.743. The number of benzene rings is 2. The van der Waals surface area contributed by atoms with Gasteiger partial charge in [-0.2, -0.15) is 0 Å². The molecule has 0 amide bonds. The van der Waals surface area contributed by atoms with Gasteiger partial charge in [-0.1, -0.05) is 12.1 Å². The van der Waals surface area contributed by atoms with Crippen molar-refractivity contribution < 1.29 is 27.1 Å². The highest BCUT2D eigenvalue weighted by molar-refractivity contribution is 5.96. The number of hydrogen-bond acceptors (Lipinski definition) is 5. The predicted molar refractivity (Wildman–Crippen MR) is 141 cm³/mol. The number of nitrogens with zero attached hydrogens (tertiary/aromatic N) is 4. The lowest BCUT2D eigenvalue weighted by molar-refractivity contribution is -0.274. The maximum atomic E-state index is 13.7. The van der Waals surface area contributed by atoms with E-state index in [4.69, 9.17) is 0 Å². The zero-order valence-electron chi connectivity index (χ0n) is 21.6. The van der Waals surface area contributed by atoms with Crippen molar-refractivity contribution in [3.05, 3.63) is 89.6 Å². The van der Waals surface area contributed by atoms with Crippen LogP contribution >= 0.6 is 0 Å². The predicted octanol–water partition coefficient (Wildman–Crippen LogP) is 6.21. The number of rotatable bonds is 7. The van der Waals surface area contributed by atoms with Crippen molar-refractivity contribution in [2.24, 2.45) is 0 Å². The van der Waals surface area contributed by atoms with Crippen LogP contribution in [0.5, 0.6) is 5.75 Å². The van der Waals surface area contributed by atoms with Crippen LogP contribution in [0.1, 0.15) is 35.1 Å². The van der Waals surface area contributed by atoms with Crippen molar-refractivity contribution >= 4 is 22.8 Å². The molecule has 39 heavy (non-hydrogen) atoms. The normalized spacial score (nSPS) is 16.1. The summed E-state index contributed by atoms with van der Waals surface area (Å²) in [6.07, 6.45) is -2.58. The molecule has 3 heterocycles. The number of halogens is 4. The maximum Gasteiger partial charge on any atom is 0.573 e. The van der Waals surface area contributed by atoms with Crippen LogP contribution in [0.25, 0.3) is 5.65 Å². The molecule has 5 rings (SSSR count). The first-order valence-electron chi connectivity index (χ1n) is 12.7. The van der Waals surface area contributed by atoms with E-state index < -0.39 is 12.2 Å². The molecule has 1 aliphatic heterocycles. The number of pyridine rings is 1. The molecule has 0 unspecified atom stereocenters. The Morgan fingerprint density at radius 2 is 1.69 bits per heavy atom. The molecule has 0 spiro atoms. The highest BCUT2D eigenvalue weighted by Gasteiger charge is 2.31. The quantitative estimate of drug-likeness (QED) is 0.206. The van der Waals surface area contributed by atoms with Crippen molar-refractivity contribution in [1.82, 2.24) is 9.38 Å². The van der Waals surface area contributed by atoms with Crippen LogP contribution < -0.4 is 14.5 Å². The summed E-state index contributed by atoms with van der Waals surface area (Å²) in [4.78, 5) is 21.8. The number of carbonyl (C=O) groups excluding carboxylic acids is 1. The van der Waals surface area contributed by atoms with Gasteiger partial charge in [0.05, 0.1) is 5.69 Å². The number of aromatic nitrogens is 2. The third-order valence-corrected chi connectivity index (χ3v) is 6.99. The van der Waals surface area contributed by atoms with E-state index in [1.165, 1.54) is 28.8 Å². The van der Waals surface area contributed by atoms with Gasteiger partial charge in [-0.25, -0.2) is 9.37 Å². The molecular formula is C29H28F4N4O2. The SMILES string of the molecule is Cc1nc2ccc(F)cn2c1C(=O)CCc1ccc(N2CCN(c3ccc(OC(F)(F)F)cc3)[C@@H](C)C2)cc1. The lowest BCUT2D eigenvalue weighted by atomic mass is 10.0. The van der Waals surface area contributed by atoms with Crippen molar-refractivity contribution in [1.29, 1.82) is 0 Å². The monoisotopic (exact) mass is 540 g/mol. The minimum Gasteiger partial charge on any atom is -0.406 e. The first-order chi connectivity index (χ1) is 18.6. The van der Waals surface area contributed by atoms with Crippen LogP contribution in [-0.2, 0) is 6.42 Å². The van der Waals surface area contributed by atoms with Crippen molar-refractivity contribution in [3.8, 4) is 5.75 Å². The first-order valence-corrected chi connectivity index (χ1v) is 12.7. The molecule has 0 aliphatic carbocycles. The number of hydrogen-bond donors (Lipinski definition) is 0. The van der Waals surface area contributed by atoms with Gasteiger partial charge in [-0.15, -0.1) is 13.2 Å². The minimum absolute atomic E-state index is 0.0855. The van der Waals surface area contributed by atoms with Gasteiger partial charge in [0.25, 0.3) is 0 Å². The van der Waals surface area contributed by atoms with Crippen LogP contribution in [0.15, 0.2) is 66.9 Å². The molecular weight excluding hydrogens is 512 g/mol. The molecule has 1 aliphatic rings. The molecule has 0 N–H and O–H groups in total.